The van der Waals surface area contributed by atoms with E-state index < -0.39 is 11.7 Å². The van der Waals surface area contributed by atoms with Crippen molar-refractivity contribution < 1.29 is 23.8 Å². The summed E-state index contributed by atoms with van der Waals surface area (Å²) in [7, 11) is 1.54. The summed E-state index contributed by atoms with van der Waals surface area (Å²) in [5.41, 5.74) is 2.85. The molecule has 0 saturated heterocycles. The highest BCUT2D eigenvalue weighted by molar-refractivity contribution is 5.89. The molecule has 2 aromatic carbocycles. The van der Waals surface area contributed by atoms with Crippen LogP contribution in [0.1, 0.15) is 18.1 Å². The number of carbonyl (C=O) groups is 1. The molecule has 0 aliphatic rings. The molecule has 0 saturated carbocycles. The summed E-state index contributed by atoms with van der Waals surface area (Å²) in [5, 5.41) is 17.0. The first-order valence-corrected chi connectivity index (χ1v) is 9.83. The molecular weight excluding hydrogens is 400 g/mol. The van der Waals surface area contributed by atoms with Crippen LogP contribution >= 0.6 is 0 Å². The summed E-state index contributed by atoms with van der Waals surface area (Å²) in [5.74, 6) is 0.935. The number of hydrogen-bond donors (Lipinski definition) is 3. The van der Waals surface area contributed by atoms with Gasteiger partial charge in [-0.15, -0.1) is 0 Å². The SMILES string of the molecule is COc1ccc(NC(C)=O)cc1NC[C@H](O)COc1ccc2c(C)cc(=O)oc2c1C. The number of aliphatic hydroxyl groups excluding tert-OH is 1. The predicted octanol–water partition coefficient (Wildman–Crippen LogP) is 3.23. The number of hydrogen-bond acceptors (Lipinski definition) is 7. The minimum atomic E-state index is -0.825. The molecule has 3 aromatic rings. The Bertz CT molecular complexity index is 1150. The highest BCUT2D eigenvalue weighted by atomic mass is 16.5. The number of amides is 1. The molecule has 3 rings (SSSR count). The topological polar surface area (TPSA) is 110 Å². The van der Waals surface area contributed by atoms with Crippen LogP contribution in [0, 0.1) is 13.8 Å². The highest BCUT2D eigenvalue weighted by Gasteiger charge is 2.13. The molecule has 0 unspecified atom stereocenters. The lowest BCUT2D eigenvalue weighted by Crippen LogP contribution is -2.26. The van der Waals surface area contributed by atoms with Crippen molar-refractivity contribution in [1.82, 2.24) is 0 Å². The average molecular weight is 426 g/mol. The Hall–Kier alpha value is -3.52. The van der Waals surface area contributed by atoms with Crippen molar-refractivity contribution in [3.05, 3.63) is 57.9 Å². The number of nitrogens with one attached hydrogen (secondary N) is 2. The van der Waals surface area contributed by atoms with E-state index in [0.717, 1.165) is 10.9 Å². The standard InChI is InChI=1S/C23H26N2O6/c1-13-9-22(28)31-23-14(2)20(8-6-18(13)23)30-12-17(27)11-24-19-10-16(25-15(3)26)5-7-21(19)29-4/h5-10,17,24,27H,11-12H2,1-4H3,(H,25,26)/t17-/m0/s1. The second-order valence-corrected chi connectivity index (χ2v) is 7.26. The Balaban J connectivity index is 1.66. The third-order valence-electron chi connectivity index (χ3n) is 4.80. The van der Waals surface area contributed by atoms with Crippen molar-refractivity contribution in [1.29, 1.82) is 0 Å². The van der Waals surface area contributed by atoms with Crippen LogP contribution in [-0.2, 0) is 4.79 Å². The van der Waals surface area contributed by atoms with Gasteiger partial charge in [0.1, 0.15) is 29.8 Å². The van der Waals surface area contributed by atoms with Gasteiger partial charge in [-0.05, 0) is 49.7 Å². The molecular formula is C23H26N2O6. The fourth-order valence-electron chi connectivity index (χ4n) is 3.26. The molecule has 0 aliphatic carbocycles. The normalized spacial score (nSPS) is 11.8. The van der Waals surface area contributed by atoms with Crippen LogP contribution in [0.4, 0.5) is 11.4 Å². The summed E-state index contributed by atoms with van der Waals surface area (Å²) in [6.07, 6.45) is -0.825. The molecule has 164 valence electrons. The van der Waals surface area contributed by atoms with Crippen molar-refractivity contribution >= 4 is 28.3 Å². The van der Waals surface area contributed by atoms with Gasteiger partial charge in [0.25, 0.3) is 0 Å². The zero-order valence-electron chi connectivity index (χ0n) is 17.9. The number of benzene rings is 2. The van der Waals surface area contributed by atoms with E-state index >= 15 is 0 Å². The molecule has 1 heterocycles. The summed E-state index contributed by atoms with van der Waals surface area (Å²) < 4.78 is 16.4. The van der Waals surface area contributed by atoms with E-state index in [4.69, 9.17) is 13.9 Å². The van der Waals surface area contributed by atoms with Gasteiger partial charge in [0.15, 0.2) is 0 Å². The first kappa shape index (κ1) is 22.2. The number of fused-ring (bicyclic) bond motifs is 1. The molecule has 31 heavy (non-hydrogen) atoms. The fourth-order valence-corrected chi connectivity index (χ4v) is 3.26. The van der Waals surface area contributed by atoms with Crippen LogP contribution in [-0.4, -0.2) is 37.4 Å². The summed E-state index contributed by atoms with van der Waals surface area (Å²) >= 11 is 0. The third kappa shape index (κ3) is 5.35. The molecule has 1 atom stereocenters. The molecule has 8 heteroatoms. The first-order chi connectivity index (χ1) is 14.8. The van der Waals surface area contributed by atoms with E-state index in [1.807, 2.05) is 19.9 Å². The van der Waals surface area contributed by atoms with E-state index in [0.29, 0.717) is 34.0 Å². The van der Waals surface area contributed by atoms with Crippen molar-refractivity contribution in [3.8, 4) is 11.5 Å². The first-order valence-electron chi connectivity index (χ1n) is 9.83. The Morgan fingerprint density at radius 1 is 1.16 bits per heavy atom. The molecule has 0 radical (unpaired) electrons. The lowest BCUT2D eigenvalue weighted by Gasteiger charge is -2.17. The zero-order chi connectivity index (χ0) is 22.5. The van der Waals surface area contributed by atoms with Gasteiger partial charge in [0.2, 0.25) is 5.91 Å². The second-order valence-electron chi connectivity index (χ2n) is 7.26. The Morgan fingerprint density at radius 3 is 2.61 bits per heavy atom. The van der Waals surface area contributed by atoms with Crippen LogP contribution in [0.3, 0.4) is 0 Å². The molecule has 0 fully saturated rings. The number of aliphatic hydroxyl groups is 1. The number of carbonyl (C=O) groups excluding carboxylic acids is 1. The van der Waals surface area contributed by atoms with E-state index in [1.165, 1.54) is 13.0 Å². The van der Waals surface area contributed by atoms with Crippen molar-refractivity contribution in [2.45, 2.75) is 26.9 Å². The average Bonchev–Trinajstić information content (AvgIpc) is 2.72. The Kier molecular flexibility index (Phi) is 6.81. The number of methoxy groups -OCH3 is 1. The van der Waals surface area contributed by atoms with E-state index in [2.05, 4.69) is 10.6 Å². The fraction of sp³-hybridized carbons (Fsp3) is 0.304. The number of rotatable bonds is 8. The van der Waals surface area contributed by atoms with Crippen LogP contribution in [0.25, 0.3) is 11.0 Å². The lowest BCUT2D eigenvalue weighted by atomic mass is 10.1. The van der Waals surface area contributed by atoms with E-state index in [9.17, 15) is 14.7 Å². The molecule has 0 bridgehead atoms. The summed E-state index contributed by atoms with van der Waals surface area (Å²) in [6, 6.07) is 10.3. The van der Waals surface area contributed by atoms with Gasteiger partial charge in [0.05, 0.1) is 12.8 Å². The van der Waals surface area contributed by atoms with Gasteiger partial charge >= 0.3 is 5.63 Å². The summed E-state index contributed by atoms with van der Waals surface area (Å²) in [6.45, 7) is 5.32. The Labute approximate surface area is 179 Å². The maximum Gasteiger partial charge on any atom is 0.336 e. The summed E-state index contributed by atoms with van der Waals surface area (Å²) in [4.78, 5) is 23.0. The van der Waals surface area contributed by atoms with Crippen molar-refractivity contribution in [2.75, 3.05) is 30.9 Å². The number of ether oxygens (including phenoxy) is 2. The largest absolute Gasteiger partial charge is 0.495 e. The van der Waals surface area contributed by atoms with Crippen molar-refractivity contribution in [3.63, 3.8) is 0 Å². The minimum absolute atomic E-state index is 0.0308. The van der Waals surface area contributed by atoms with Gasteiger partial charge in [-0.25, -0.2) is 4.79 Å². The maximum atomic E-state index is 11.7. The molecule has 3 N–H and O–H groups in total. The lowest BCUT2D eigenvalue weighted by molar-refractivity contribution is -0.114. The molecule has 8 nitrogen and oxygen atoms in total. The zero-order valence-corrected chi connectivity index (χ0v) is 17.9. The maximum absolute atomic E-state index is 11.7. The van der Waals surface area contributed by atoms with Gasteiger partial charge in [0, 0.05) is 36.2 Å². The third-order valence-corrected chi connectivity index (χ3v) is 4.80. The minimum Gasteiger partial charge on any atom is -0.495 e. The Morgan fingerprint density at radius 2 is 1.90 bits per heavy atom. The van der Waals surface area contributed by atoms with Crippen LogP contribution in [0.5, 0.6) is 11.5 Å². The second kappa shape index (κ2) is 9.53. The molecule has 0 aliphatic heterocycles. The monoisotopic (exact) mass is 426 g/mol. The van der Waals surface area contributed by atoms with E-state index in [-0.39, 0.29) is 19.1 Å². The molecule has 0 spiro atoms. The smallest absolute Gasteiger partial charge is 0.336 e. The van der Waals surface area contributed by atoms with Crippen LogP contribution in [0.15, 0.2) is 45.6 Å². The number of anilines is 2. The van der Waals surface area contributed by atoms with Gasteiger partial charge < -0.3 is 29.6 Å². The highest BCUT2D eigenvalue weighted by Crippen LogP contribution is 2.29. The predicted molar refractivity (Wildman–Crippen MR) is 119 cm³/mol. The number of aryl methyl sites for hydroxylation is 2. The van der Waals surface area contributed by atoms with Gasteiger partial charge in [-0.3, -0.25) is 4.79 Å². The molecule has 1 amide bonds. The van der Waals surface area contributed by atoms with Crippen molar-refractivity contribution in [2.24, 2.45) is 0 Å². The van der Waals surface area contributed by atoms with Gasteiger partial charge in [-0.2, -0.15) is 0 Å². The van der Waals surface area contributed by atoms with E-state index in [1.54, 1.807) is 31.4 Å². The van der Waals surface area contributed by atoms with Gasteiger partial charge in [-0.1, -0.05) is 0 Å². The molecule has 1 aromatic heterocycles. The quantitative estimate of drug-likeness (QED) is 0.474. The van der Waals surface area contributed by atoms with Crippen LogP contribution in [0.2, 0.25) is 0 Å². The van der Waals surface area contributed by atoms with Crippen LogP contribution < -0.4 is 25.7 Å².